The summed E-state index contributed by atoms with van der Waals surface area (Å²) in [5.74, 6) is -18.7. The van der Waals surface area contributed by atoms with Gasteiger partial charge in [-0.05, 0) is 0 Å². The maximum absolute atomic E-state index is 13.0. The van der Waals surface area contributed by atoms with Crippen LogP contribution in [0.1, 0.15) is 5.56 Å². The number of carbonyl (C=O) groups is 1. The van der Waals surface area contributed by atoms with Crippen molar-refractivity contribution in [3.8, 4) is 0 Å². The summed E-state index contributed by atoms with van der Waals surface area (Å²) in [6, 6.07) is 0. The van der Waals surface area contributed by atoms with E-state index < -0.39 is 52.6 Å². The second kappa shape index (κ2) is 5.06. The molecule has 20 heavy (non-hydrogen) atoms. The van der Waals surface area contributed by atoms with E-state index >= 15 is 0 Å². The zero-order valence-corrected chi connectivity index (χ0v) is 8.79. The SMILES string of the molecule is O=C(N=C([O-])c1c(F)c(F)c(F)c(F)c1F)C(F)(F)F. The number of amides is 1. The van der Waals surface area contributed by atoms with Crippen LogP contribution in [0.4, 0.5) is 35.1 Å². The van der Waals surface area contributed by atoms with Gasteiger partial charge in [-0.15, -0.1) is 0 Å². The number of hydrogen-bond acceptors (Lipinski definition) is 2. The number of benzene rings is 1. The fraction of sp³-hybridized carbons (Fsp3) is 0.111. The van der Waals surface area contributed by atoms with Crippen molar-refractivity contribution in [1.82, 2.24) is 0 Å². The van der Waals surface area contributed by atoms with Crippen LogP contribution in [0.15, 0.2) is 4.99 Å². The van der Waals surface area contributed by atoms with E-state index in [0.717, 1.165) is 0 Å². The van der Waals surface area contributed by atoms with Crippen LogP contribution in [-0.4, -0.2) is 18.0 Å². The maximum Gasteiger partial charge on any atom is 0.473 e. The molecular formula is C9F8NO2-. The number of rotatable bonds is 1. The van der Waals surface area contributed by atoms with E-state index in [-0.39, 0.29) is 0 Å². The molecule has 110 valence electrons. The highest BCUT2D eigenvalue weighted by molar-refractivity contribution is 6.00. The van der Waals surface area contributed by atoms with Crippen LogP contribution in [0.25, 0.3) is 0 Å². The molecule has 0 N–H and O–H groups in total. The Balaban J connectivity index is 3.49. The topological polar surface area (TPSA) is 52.5 Å². The first-order chi connectivity index (χ1) is 8.98. The molecule has 1 aromatic rings. The fourth-order valence-corrected chi connectivity index (χ4v) is 1.00. The summed E-state index contributed by atoms with van der Waals surface area (Å²) in [4.78, 5) is 12.0. The minimum atomic E-state index is -5.64. The minimum absolute atomic E-state index is 1.71. The highest BCUT2D eigenvalue weighted by atomic mass is 19.4. The summed E-state index contributed by atoms with van der Waals surface area (Å²) in [6.45, 7) is 0. The van der Waals surface area contributed by atoms with Gasteiger partial charge in [-0.25, -0.2) is 26.9 Å². The van der Waals surface area contributed by atoms with Gasteiger partial charge in [0.05, 0.1) is 5.56 Å². The van der Waals surface area contributed by atoms with Crippen molar-refractivity contribution in [3.05, 3.63) is 34.6 Å². The van der Waals surface area contributed by atoms with E-state index in [4.69, 9.17) is 0 Å². The van der Waals surface area contributed by atoms with Gasteiger partial charge < -0.3 is 5.11 Å². The lowest BCUT2D eigenvalue weighted by atomic mass is 10.1. The van der Waals surface area contributed by atoms with E-state index in [9.17, 15) is 45.0 Å². The normalized spacial score (nSPS) is 12.7. The van der Waals surface area contributed by atoms with Crippen LogP contribution in [0.3, 0.4) is 0 Å². The Bertz CT molecular complexity index is 578. The lowest BCUT2D eigenvalue weighted by Gasteiger charge is -2.14. The van der Waals surface area contributed by atoms with E-state index in [1.54, 1.807) is 4.99 Å². The Morgan fingerprint density at radius 2 is 1.20 bits per heavy atom. The van der Waals surface area contributed by atoms with Gasteiger partial charge in [-0.3, -0.25) is 4.79 Å². The summed E-state index contributed by atoms with van der Waals surface area (Å²) in [6.07, 6.45) is -5.64. The van der Waals surface area contributed by atoms with Crippen LogP contribution in [0, 0.1) is 29.1 Å². The average Bonchev–Trinajstić information content (AvgIpc) is 2.33. The molecule has 0 aliphatic heterocycles. The van der Waals surface area contributed by atoms with Crippen molar-refractivity contribution in [2.45, 2.75) is 6.18 Å². The fourth-order valence-electron chi connectivity index (χ4n) is 1.00. The zero-order chi connectivity index (χ0) is 15.8. The first-order valence-corrected chi connectivity index (χ1v) is 4.37. The standard InChI is InChI=1S/C9HF8NO2/c10-2-1(3(11)5(13)6(14)4(2)12)7(19)18-8(20)9(15,16)17/h(H,18,19,20)/p-1. The maximum atomic E-state index is 13.0. The van der Waals surface area contributed by atoms with Gasteiger partial charge in [0.25, 0.3) is 0 Å². The summed E-state index contributed by atoms with van der Waals surface area (Å²) in [5, 5.41) is 10.9. The Labute approximate surface area is 104 Å². The third-order valence-corrected chi connectivity index (χ3v) is 1.87. The molecule has 0 unspecified atom stereocenters. The Morgan fingerprint density at radius 3 is 1.55 bits per heavy atom. The van der Waals surface area contributed by atoms with Crippen LogP contribution < -0.4 is 5.11 Å². The van der Waals surface area contributed by atoms with Gasteiger partial charge in [0.15, 0.2) is 23.3 Å². The summed E-state index contributed by atoms with van der Waals surface area (Å²) in [7, 11) is 0. The molecule has 0 aromatic heterocycles. The largest absolute Gasteiger partial charge is 0.858 e. The molecule has 1 amide bonds. The number of alkyl halides is 3. The molecule has 0 fully saturated rings. The van der Waals surface area contributed by atoms with Crippen molar-refractivity contribution in [2.75, 3.05) is 0 Å². The van der Waals surface area contributed by atoms with Crippen LogP contribution in [-0.2, 0) is 4.79 Å². The molecule has 0 spiro atoms. The number of carbonyl (C=O) groups excluding carboxylic acids is 1. The van der Waals surface area contributed by atoms with E-state index in [1.165, 1.54) is 0 Å². The first-order valence-electron chi connectivity index (χ1n) is 4.37. The summed E-state index contributed by atoms with van der Waals surface area (Å²) < 4.78 is 99.2. The van der Waals surface area contributed by atoms with Crippen molar-refractivity contribution in [1.29, 1.82) is 0 Å². The lowest BCUT2D eigenvalue weighted by Crippen LogP contribution is -2.29. The van der Waals surface area contributed by atoms with Crippen LogP contribution in [0.2, 0.25) is 0 Å². The Hall–Kier alpha value is -2.20. The molecule has 0 aliphatic rings. The molecule has 0 bridgehead atoms. The predicted molar refractivity (Wildman–Crippen MR) is 43.8 cm³/mol. The summed E-state index contributed by atoms with van der Waals surface area (Å²) >= 11 is 0. The quantitative estimate of drug-likeness (QED) is 0.260. The average molecular weight is 306 g/mol. The number of aliphatic imine (C=N–C) groups is 1. The van der Waals surface area contributed by atoms with Crippen molar-refractivity contribution >= 4 is 11.8 Å². The predicted octanol–water partition coefficient (Wildman–Crippen LogP) is 1.58. The molecule has 0 heterocycles. The molecule has 0 saturated carbocycles. The lowest BCUT2D eigenvalue weighted by molar-refractivity contribution is -0.215. The molecule has 0 atom stereocenters. The number of halogens is 8. The minimum Gasteiger partial charge on any atom is -0.858 e. The van der Waals surface area contributed by atoms with Gasteiger partial charge in [0.2, 0.25) is 5.82 Å². The van der Waals surface area contributed by atoms with Crippen molar-refractivity contribution in [2.24, 2.45) is 4.99 Å². The smallest absolute Gasteiger partial charge is 0.473 e. The first kappa shape index (κ1) is 15.9. The summed E-state index contributed by atoms with van der Waals surface area (Å²) in [5.41, 5.74) is -2.25. The molecule has 11 heteroatoms. The van der Waals surface area contributed by atoms with Gasteiger partial charge in [0.1, 0.15) is 0 Å². The third kappa shape index (κ3) is 2.70. The van der Waals surface area contributed by atoms with Crippen molar-refractivity contribution in [3.63, 3.8) is 0 Å². The van der Waals surface area contributed by atoms with E-state index in [0.29, 0.717) is 0 Å². The van der Waals surface area contributed by atoms with E-state index in [1.807, 2.05) is 0 Å². The zero-order valence-electron chi connectivity index (χ0n) is 8.79. The molecule has 1 rings (SSSR count). The number of hydrogen-bond donors (Lipinski definition) is 0. The molecule has 0 aliphatic carbocycles. The number of nitrogens with zero attached hydrogens (tertiary/aromatic N) is 1. The molecule has 3 nitrogen and oxygen atoms in total. The van der Waals surface area contributed by atoms with Gasteiger partial charge >= 0.3 is 12.1 Å². The second-order valence-corrected chi connectivity index (χ2v) is 3.16. The molecule has 1 aromatic carbocycles. The van der Waals surface area contributed by atoms with Crippen molar-refractivity contribution < 1.29 is 45.0 Å². The van der Waals surface area contributed by atoms with Gasteiger partial charge in [-0.1, -0.05) is 0 Å². The van der Waals surface area contributed by atoms with E-state index in [2.05, 4.69) is 0 Å². The third-order valence-electron chi connectivity index (χ3n) is 1.87. The Morgan fingerprint density at radius 1 is 0.850 bits per heavy atom. The van der Waals surface area contributed by atoms with Crippen LogP contribution >= 0.6 is 0 Å². The molecule has 0 radical (unpaired) electrons. The highest BCUT2D eigenvalue weighted by Crippen LogP contribution is 2.23. The van der Waals surface area contributed by atoms with Gasteiger partial charge in [0, 0.05) is 5.90 Å². The van der Waals surface area contributed by atoms with Crippen LogP contribution in [0.5, 0.6) is 0 Å². The van der Waals surface area contributed by atoms with Gasteiger partial charge in [-0.2, -0.15) is 13.2 Å². The highest BCUT2D eigenvalue weighted by Gasteiger charge is 2.38. The Kier molecular flexibility index (Phi) is 4.01. The molecular weight excluding hydrogens is 306 g/mol. The second-order valence-electron chi connectivity index (χ2n) is 3.16. The molecule has 0 saturated heterocycles. The monoisotopic (exact) mass is 306 g/mol.